The molecule has 1 aliphatic rings. The fraction of sp³-hybridized carbons (Fsp3) is 0.889. The summed E-state index contributed by atoms with van der Waals surface area (Å²) in [5, 5.41) is 12.2. The second kappa shape index (κ2) is 5.51. The van der Waals surface area contributed by atoms with Crippen molar-refractivity contribution in [2.24, 2.45) is 0 Å². The third-order valence-electron chi connectivity index (χ3n) is 2.34. The third-order valence-corrected chi connectivity index (χ3v) is 2.34. The van der Waals surface area contributed by atoms with Gasteiger partial charge in [-0.3, -0.25) is 10.2 Å². The molecule has 1 heterocycles. The molecule has 0 saturated carbocycles. The van der Waals surface area contributed by atoms with Gasteiger partial charge in [-0.25, -0.2) is 0 Å². The summed E-state index contributed by atoms with van der Waals surface area (Å²) in [6.45, 7) is 6.41. The Balaban J connectivity index is 2.26. The van der Waals surface area contributed by atoms with Crippen LogP contribution in [0, 0.1) is 6.67 Å². The molecule has 2 N–H and O–H groups in total. The summed E-state index contributed by atoms with van der Waals surface area (Å²) in [6.07, 6.45) is 3.62. The van der Waals surface area contributed by atoms with Crippen molar-refractivity contribution in [2.45, 2.75) is 32.2 Å². The minimum Gasteiger partial charge on any atom is -0.395 e. The minimum atomic E-state index is 0.280. The number of nitrogens with zero attached hydrogens (tertiary/aromatic N) is 1. The van der Waals surface area contributed by atoms with Gasteiger partial charge in [0.2, 0.25) is 0 Å². The normalized spacial score (nSPS) is 26.0. The maximum Gasteiger partial charge on any atom is 0.0897 e. The van der Waals surface area contributed by atoms with Crippen molar-refractivity contribution in [3.05, 3.63) is 6.67 Å². The van der Waals surface area contributed by atoms with Crippen molar-refractivity contribution in [1.29, 1.82) is 0 Å². The summed E-state index contributed by atoms with van der Waals surface area (Å²) in [5.74, 6) is 0. The van der Waals surface area contributed by atoms with E-state index in [9.17, 15) is 0 Å². The van der Waals surface area contributed by atoms with Crippen LogP contribution in [0.5, 0.6) is 0 Å². The van der Waals surface area contributed by atoms with Gasteiger partial charge in [0.15, 0.2) is 0 Å². The smallest absolute Gasteiger partial charge is 0.0897 e. The van der Waals surface area contributed by atoms with Gasteiger partial charge >= 0.3 is 0 Å². The summed E-state index contributed by atoms with van der Waals surface area (Å²) < 4.78 is 0. The third kappa shape index (κ3) is 2.73. The molecule has 3 nitrogen and oxygen atoms in total. The molecular formula is C9H19N2O. The van der Waals surface area contributed by atoms with Crippen LogP contribution < -0.4 is 5.32 Å². The zero-order valence-electron chi connectivity index (χ0n) is 7.79. The molecule has 1 atom stereocenters. The van der Waals surface area contributed by atoms with E-state index in [2.05, 4.69) is 17.1 Å². The molecule has 71 valence electrons. The minimum absolute atomic E-state index is 0.280. The molecule has 1 fully saturated rings. The van der Waals surface area contributed by atoms with E-state index in [1.54, 1.807) is 0 Å². The summed E-state index contributed by atoms with van der Waals surface area (Å²) in [6, 6.07) is 0.345. The van der Waals surface area contributed by atoms with Crippen LogP contribution >= 0.6 is 0 Å². The molecule has 3 heteroatoms. The second-order valence-electron chi connectivity index (χ2n) is 3.26. The average molecular weight is 171 g/mol. The monoisotopic (exact) mass is 171 g/mol. The number of rotatable bonds is 4. The van der Waals surface area contributed by atoms with E-state index in [1.807, 2.05) is 6.67 Å². The quantitative estimate of drug-likeness (QED) is 0.649. The Kier molecular flexibility index (Phi) is 4.58. The molecule has 1 unspecified atom stereocenters. The van der Waals surface area contributed by atoms with Crippen LogP contribution in [-0.4, -0.2) is 35.7 Å². The molecule has 0 aromatic carbocycles. The number of nitrogens with one attached hydrogen (secondary N) is 1. The van der Waals surface area contributed by atoms with Crippen LogP contribution in [-0.2, 0) is 0 Å². The highest BCUT2D eigenvalue weighted by Crippen LogP contribution is 2.16. The van der Waals surface area contributed by atoms with Crippen molar-refractivity contribution in [1.82, 2.24) is 10.2 Å². The van der Waals surface area contributed by atoms with Gasteiger partial charge < -0.3 is 5.11 Å². The highest BCUT2D eigenvalue weighted by atomic mass is 16.3. The van der Waals surface area contributed by atoms with E-state index in [4.69, 9.17) is 5.11 Å². The molecule has 1 saturated heterocycles. The van der Waals surface area contributed by atoms with Gasteiger partial charge in [-0.15, -0.1) is 0 Å². The first kappa shape index (κ1) is 9.96. The molecule has 0 aromatic heterocycles. The molecule has 1 rings (SSSR count). The van der Waals surface area contributed by atoms with Crippen molar-refractivity contribution in [3.8, 4) is 0 Å². The Morgan fingerprint density at radius 3 is 3.08 bits per heavy atom. The first-order valence-corrected chi connectivity index (χ1v) is 4.81. The van der Waals surface area contributed by atoms with Crippen LogP contribution in [0.15, 0.2) is 0 Å². The topological polar surface area (TPSA) is 35.5 Å². The van der Waals surface area contributed by atoms with E-state index < -0.39 is 0 Å². The lowest BCUT2D eigenvalue weighted by Crippen LogP contribution is -2.43. The van der Waals surface area contributed by atoms with Crippen molar-refractivity contribution < 1.29 is 5.11 Å². The molecular weight excluding hydrogens is 152 g/mol. The standard InChI is InChI=1S/C9H19N2O/c1-2-10-8-11-6-4-3-5-9(11)7-12/h8-10,12H,2-7H2,1H3. The van der Waals surface area contributed by atoms with E-state index >= 15 is 0 Å². The Morgan fingerprint density at radius 1 is 1.58 bits per heavy atom. The van der Waals surface area contributed by atoms with Gasteiger partial charge in [0.25, 0.3) is 0 Å². The Hall–Kier alpha value is -0.120. The highest BCUT2D eigenvalue weighted by Gasteiger charge is 2.20. The van der Waals surface area contributed by atoms with Gasteiger partial charge in [-0.1, -0.05) is 13.3 Å². The predicted octanol–water partition coefficient (Wildman–Crippen LogP) is 0.562. The zero-order valence-corrected chi connectivity index (χ0v) is 7.79. The molecule has 12 heavy (non-hydrogen) atoms. The Labute approximate surface area is 74.8 Å². The van der Waals surface area contributed by atoms with E-state index in [-0.39, 0.29) is 6.61 Å². The van der Waals surface area contributed by atoms with Crippen molar-refractivity contribution in [3.63, 3.8) is 0 Å². The number of hydrogen-bond donors (Lipinski definition) is 2. The fourth-order valence-electron chi connectivity index (χ4n) is 1.60. The molecule has 1 radical (unpaired) electrons. The molecule has 0 spiro atoms. The Morgan fingerprint density at radius 2 is 2.42 bits per heavy atom. The number of aliphatic hydroxyl groups excluding tert-OH is 1. The Bertz CT molecular complexity index is 119. The van der Waals surface area contributed by atoms with Crippen LogP contribution in [0.1, 0.15) is 26.2 Å². The van der Waals surface area contributed by atoms with Gasteiger partial charge in [0.1, 0.15) is 0 Å². The zero-order chi connectivity index (χ0) is 8.81. The van der Waals surface area contributed by atoms with E-state index in [0.717, 1.165) is 19.5 Å². The SMILES string of the molecule is CCN[CH]N1CCCCC1CO. The fourth-order valence-corrected chi connectivity index (χ4v) is 1.60. The van der Waals surface area contributed by atoms with Crippen LogP contribution in [0.4, 0.5) is 0 Å². The maximum absolute atomic E-state index is 9.07. The maximum atomic E-state index is 9.07. The largest absolute Gasteiger partial charge is 0.395 e. The molecule has 0 amide bonds. The average Bonchev–Trinajstić information content (AvgIpc) is 2.15. The van der Waals surface area contributed by atoms with Gasteiger partial charge in [0.05, 0.1) is 13.3 Å². The highest BCUT2D eigenvalue weighted by molar-refractivity contribution is 4.80. The summed E-state index contributed by atoms with van der Waals surface area (Å²) in [4.78, 5) is 2.22. The second-order valence-corrected chi connectivity index (χ2v) is 3.26. The first-order valence-electron chi connectivity index (χ1n) is 4.81. The lowest BCUT2D eigenvalue weighted by Gasteiger charge is -2.33. The lowest BCUT2D eigenvalue weighted by atomic mass is 10.0. The van der Waals surface area contributed by atoms with E-state index in [0.29, 0.717) is 6.04 Å². The van der Waals surface area contributed by atoms with E-state index in [1.165, 1.54) is 12.8 Å². The number of aliphatic hydroxyl groups is 1. The molecule has 1 aliphatic heterocycles. The number of hydrogen-bond acceptors (Lipinski definition) is 3. The summed E-state index contributed by atoms with van der Waals surface area (Å²) in [5.41, 5.74) is 0. The van der Waals surface area contributed by atoms with Crippen molar-refractivity contribution in [2.75, 3.05) is 19.7 Å². The summed E-state index contributed by atoms with van der Waals surface area (Å²) >= 11 is 0. The number of piperidine rings is 1. The first-order chi connectivity index (χ1) is 5.88. The predicted molar refractivity (Wildman–Crippen MR) is 49.4 cm³/mol. The molecule has 0 aromatic rings. The van der Waals surface area contributed by atoms with Crippen LogP contribution in [0.25, 0.3) is 0 Å². The molecule has 0 aliphatic carbocycles. The van der Waals surface area contributed by atoms with Crippen LogP contribution in [0.3, 0.4) is 0 Å². The van der Waals surface area contributed by atoms with Gasteiger partial charge in [-0.05, 0) is 19.4 Å². The number of likely N-dealkylation sites (tertiary alicyclic amines) is 1. The van der Waals surface area contributed by atoms with Crippen LogP contribution in [0.2, 0.25) is 0 Å². The van der Waals surface area contributed by atoms with Gasteiger partial charge in [-0.2, -0.15) is 0 Å². The van der Waals surface area contributed by atoms with Gasteiger partial charge in [0, 0.05) is 12.6 Å². The lowest BCUT2D eigenvalue weighted by molar-refractivity contribution is 0.109. The summed E-state index contributed by atoms with van der Waals surface area (Å²) in [7, 11) is 0. The molecule has 0 bridgehead atoms. The van der Waals surface area contributed by atoms with Crippen molar-refractivity contribution >= 4 is 0 Å².